The van der Waals surface area contributed by atoms with Gasteiger partial charge in [-0.05, 0) is 30.3 Å². The number of furan rings is 1. The van der Waals surface area contributed by atoms with Crippen LogP contribution >= 0.6 is 0 Å². The van der Waals surface area contributed by atoms with Gasteiger partial charge in [-0.25, -0.2) is 0 Å². The average Bonchev–Trinajstić information content (AvgIpc) is 3.83. The standard InChI is InChI=1S/C25H15N2O.C23H24GeN.Ir/c1-2-9-17(10-3-1)27-22-15-6-5-14-21(22)26-25(27)20-13-8-12-19-18-11-4-7-16-23(18)28-24(19)20;1-23(2)20-12-7-6-9-17(20)18-10-8-11-19(22(18)23)21-14-13-16(15-25-21)24(3,4)5;/h1-12,14-16H;6-10,12-15H,1-5H3;/q2*-1;. The Labute approximate surface area is 332 Å². The molecule has 0 spiro atoms. The number of benzene rings is 6. The van der Waals surface area contributed by atoms with E-state index in [1.165, 1.54) is 26.6 Å². The first-order valence-electron chi connectivity index (χ1n) is 18.2. The van der Waals surface area contributed by atoms with Crippen LogP contribution in [0.4, 0.5) is 0 Å². The maximum atomic E-state index is 6.24. The van der Waals surface area contributed by atoms with Gasteiger partial charge in [-0.1, -0.05) is 59.5 Å². The van der Waals surface area contributed by atoms with Crippen molar-refractivity contribution >= 4 is 50.6 Å². The first-order valence-corrected chi connectivity index (χ1v) is 25.5. The molecule has 6 heteroatoms. The largest absolute Gasteiger partial charge is 0.501 e. The van der Waals surface area contributed by atoms with E-state index >= 15 is 0 Å². The Balaban J connectivity index is 0.000000151. The van der Waals surface area contributed by atoms with Crippen LogP contribution in [0.3, 0.4) is 0 Å². The summed E-state index contributed by atoms with van der Waals surface area (Å²) in [5.41, 5.74) is 13.2. The maximum absolute atomic E-state index is 6.24. The Bertz CT molecular complexity index is 2790. The van der Waals surface area contributed by atoms with E-state index < -0.39 is 13.3 Å². The van der Waals surface area contributed by atoms with E-state index in [4.69, 9.17) is 14.4 Å². The maximum Gasteiger partial charge on any atom is 0.120 e. The molecule has 1 radical (unpaired) electrons. The van der Waals surface area contributed by atoms with Crippen molar-refractivity contribution in [3.05, 3.63) is 169 Å². The summed E-state index contributed by atoms with van der Waals surface area (Å²) in [5.74, 6) is 8.05. The quantitative estimate of drug-likeness (QED) is 0.130. The molecule has 0 N–H and O–H groups in total. The van der Waals surface area contributed by atoms with Gasteiger partial charge in [0.1, 0.15) is 5.58 Å². The van der Waals surface area contributed by atoms with Crippen molar-refractivity contribution in [1.82, 2.24) is 14.5 Å². The fourth-order valence-corrected chi connectivity index (χ4v) is 10.0. The number of fused-ring (bicyclic) bond motifs is 7. The van der Waals surface area contributed by atoms with E-state index in [1.807, 2.05) is 66.7 Å². The van der Waals surface area contributed by atoms with E-state index in [0.29, 0.717) is 0 Å². The average molecular weight is 939 g/mol. The minimum Gasteiger partial charge on any atom is -0.501 e. The molecule has 9 aromatic rings. The summed E-state index contributed by atoms with van der Waals surface area (Å²) in [7, 11) is 0. The van der Waals surface area contributed by atoms with Crippen molar-refractivity contribution in [1.29, 1.82) is 0 Å². The van der Waals surface area contributed by atoms with Gasteiger partial charge in [0.05, 0.1) is 22.4 Å². The molecule has 0 saturated heterocycles. The third kappa shape index (κ3) is 6.05. The molecule has 1 aliphatic carbocycles. The van der Waals surface area contributed by atoms with E-state index in [9.17, 15) is 0 Å². The number of pyridine rings is 1. The summed E-state index contributed by atoms with van der Waals surface area (Å²) < 4.78 is 9.86. The van der Waals surface area contributed by atoms with Gasteiger partial charge >= 0.3 is 153 Å². The van der Waals surface area contributed by atoms with Crippen LogP contribution in [-0.4, -0.2) is 27.8 Å². The van der Waals surface area contributed by atoms with Crippen molar-refractivity contribution in [2.45, 2.75) is 36.5 Å². The number of hydrogen-bond donors (Lipinski definition) is 0. The molecular weight excluding hydrogens is 899 g/mol. The second-order valence-corrected chi connectivity index (χ2v) is 25.9. The van der Waals surface area contributed by atoms with Gasteiger partial charge in [-0.3, -0.25) is 4.98 Å². The predicted molar refractivity (Wildman–Crippen MR) is 222 cm³/mol. The number of para-hydroxylation sites is 4. The van der Waals surface area contributed by atoms with E-state index in [0.717, 1.165) is 61.3 Å². The van der Waals surface area contributed by atoms with Crippen LogP contribution in [0, 0.1) is 12.1 Å². The normalized spacial score (nSPS) is 12.9. The monoisotopic (exact) mass is 940 g/mol. The number of nitrogens with zero attached hydrogens (tertiary/aromatic N) is 3. The second-order valence-electron chi connectivity index (χ2n) is 15.3. The molecule has 0 atom stereocenters. The van der Waals surface area contributed by atoms with Crippen molar-refractivity contribution in [2.24, 2.45) is 0 Å². The molecule has 4 nitrogen and oxygen atoms in total. The van der Waals surface area contributed by atoms with Gasteiger partial charge in [-0.15, -0.1) is 18.2 Å². The van der Waals surface area contributed by atoms with Gasteiger partial charge in [0, 0.05) is 31.2 Å². The van der Waals surface area contributed by atoms with Gasteiger partial charge in [0.15, 0.2) is 0 Å². The van der Waals surface area contributed by atoms with Gasteiger partial charge in [0.25, 0.3) is 0 Å². The Morgan fingerprint density at radius 1 is 0.667 bits per heavy atom. The summed E-state index contributed by atoms with van der Waals surface area (Å²) in [6, 6.07) is 54.9. The predicted octanol–water partition coefficient (Wildman–Crippen LogP) is 11.8. The van der Waals surface area contributed by atoms with Crippen LogP contribution in [0.2, 0.25) is 17.3 Å². The van der Waals surface area contributed by atoms with E-state index in [1.54, 1.807) is 0 Å². The van der Waals surface area contributed by atoms with Crippen LogP contribution < -0.4 is 4.40 Å². The van der Waals surface area contributed by atoms with Crippen molar-refractivity contribution in [3.63, 3.8) is 0 Å². The number of aromatic nitrogens is 3. The number of rotatable bonds is 4. The van der Waals surface area contributed by atoms with Gasteiger partial charge < -0.3 is 8.98 Å². The summed E-state index contributed by atoms with van der Waals surface area (Å²) in [5, 5.41) is 2.19. The van der Waals surface area contributed by atoms with Crippen LogP contribution in [0.5, 0.6) is 0 Å². The Kier molecular flexibility index (Phi) is 9.30. The van der Waals surface area contributed by atoms with Crippen molar-refractivity contribution in [2.75, 3.05) is 0 Å². The molecule has 1 aliphatic rings. The van der Waals surface area contributed by atoms with Crippen molar-refractivity contribution in [3.8, 4) is 39.5 Å². The zero-order chi connectivity index (χ0) is 36.3. The Morgan fingerprint density at radius 2 is 1.37 bits per heavy atom. The second kappa shape index (κ2) is 14.0. The summed E-state index contributed by atoms with van der Waals surface area (Å²) in [4.78, 5) is 9.79. The molecular formula is C48H39GeIrN3O-2. The molecule has 3 heterocycles. The van der Waals surface area contributed by atoms with Gasteiger partial charge in [-0.2, -0.15) is 0 Å². The molecule has 3 aromatic heterocycles. The minimum atomic E-state index is -1.84. The molecule has 0 unspecified atom stereocenters. The number of hydrogen-bond acceptors (Lipinski definition) is 3. The minimum absolute atomic E-state index is 0. The van der Waals surface area contributed by atoms with Crippen LogP contribution in [0.25, 0.3) is 72.4 Å². The summed E-state index contributed by atoms with van der Waals surface area (Å²) >= 11 is -1.84. The SMILES string of the molecule is CC1(C)c2ccccc2-c2cc[c-]c(-c3cc[c]([Ge]([CH3])([CH3])[CH3])cn3)c21.[Ir].[c-]1ccc2c(oc3ccccc32)c1-c1nc2ccccc2n1-c1ccccc1. The third-order valence-corrected chi connectivity index (χ3v) is 14.8. The van der Waals surface area contributed by atoms with Gasteiger partial charge in [0.2, 0.25) is 0 Å². The van der Waals surface area contributed by atoms with Crippen molar-refractivity contribution < 1.29 is 24.5 Å². The molecule has 267 valence electrons. The van der Waals surface area contributed by atoms with Crippen LogP contribution in [0.15, 0.2) is 150 Å². The molecule has 0 amide bonds. The zero-order valence-corrected chi connectivity index (χ0v) is 35.4. The van der Waals surface area contributed by atoms with Crippen LogP contribution in [-0.2, 0) is 25.5 Å². The summed E-state index contributed by atoms with van der Waals surface area (Å²) in [6.45, 7) is 4.63. The first kappa shape index (κ1) is 35.9. The van der Waals surface area contributed by atoms with E-state index in [2.05, 4.69) is 127 Å². The zero-order valence-electron chi connectivity index (χ0n) is 30.9. The summed E-state index contributed by atoms with van der Waals surface area (Å²) in [6.07, 6.45) is 2.09. The van der Waals surface area contributed by atoms with Crippen LogP contribution in [0.1, 0.15) is 25.0 Å². The topological polar surface area (TPSA) is 43.9 Å². The molecule has 10 rings (SSSR count). The molecule has 54 heavy (non-hydrogen) atoms. The fraction of sp³-hybridized carbons (Fsp3) is 0.125. The number of imidazole rings is 1. The van der Waals surface area contributed by atoms with E-state index in [-0.39, 0.29) is 25.5 Å². The first-order chi connectivity index (χ1) is 25.7. The molecule has 0 fully saturated rings. The molecule has 6 aromatic carbocycles. The molecule has 0 saturated carbocycles. The smallest absolute Gasteiger partial charge is 0.120 e. The molecule has 0 aliphatic heterocycles. The Hall–Kier alpha value is -5.07. The third-order valence-electron chi connectivity index (χ3n) is 10.5. The fourth-order valence-electron chi connectivity index (χ4n) is 7.85. The molecule has 0 bridgehead atoms. The Morgan fingerprint density at radius 3 is 2.17 bits per heavy atom.